The summed E-state index contributed by atoms with van der Waals surface area (Å²) in [7, 11) is -1.60. The van der Waals surface area contributed by atoms with Gasteiger partial charge in [0.25, 0.3) is 0 Å². The van der Waals surface area contributed by atoms with Crippen LogP contribution in [0.4, 0.5) is 0 Å². The number of nitriles is 1. The Labute approximate surface area is 138 Å². The second kappa shape index (κ2) is 7.41. The van der Waals surface area contributed by atoms with Gasteiger partial charge in [-0.25, -0.2) is 8.42 Å². The Bertz CT molecular complexity index is 667. The van der Waals surface area contributed by atoms with E-state index in [1.54, 1.807) is 0 Å². The molecule has 126 valence electrons. The molecule has 0 saturated carbocycles. The summed E-state index contributed by atoms with van der Waals surface area (Å²) < 4.78 is 26.9. The largest absolute Gasteiger partial charge is 0.396 e. The highest BCUT2D eigenvalue weighted by Crippen LogP contribution is 2.29. The molecule has 1 aliphatic rings. The smallest absolute Gasteiger partial charge is 0.243 e. The minimum Gasteiger partial charge on any atom is -0.396 e. The molecule has 1 aliphatic heterocycles. The van der Waals surface area contributed by atoms with Crippen LogP contribution in [0.3, 0.4) is 0 Å². The lowest BCUT2D eigenvalue weighted by Crippen LogP contribution is -2.32. The zero-order valence-corrected chi connectivity index (χ0v) is 14.3. The number of nitrogens with zero attached hydrogens (tertiary/aromatic N) is 3. The van der Waals surface area contributed by atoms with Crippen molar-refractivity contribution in [2.75, 3.05) is 39.8 Å². The maximum atomic E-state index is 12.7. The predicted molar refractivity (Wildman–Crippen MR) is 87.2 cm³/mol. The standard InChI is InChI=1S/C16H23N3O3S/c1-3-18(2)9-14-10-19(11-15(14)12-20)23(21,22)16-6-4-13(8-17)5-7-16/h4-7,14-15,20H,3,9-12H2,1-2H3/t14-,15-/m1/s1. The van der Waals surface area contributed by atoms with Crippen molar-refractivity contribution in [3.8, 4) is 6.07 Å². The first kappa shape index (κ1) is 17.9. The number of benzene rings is 1. The van der Waals surface area contributed by atoms with Gasteiger partial charge in [-0.05, 0) is 43.8 Å². The highest BCUT2D eigenvalue weighted by atomic mass is 32.2. The van der Waals surface area contributed by atoms with Crippen LogP contribution < -0.4 is 0 Å². The lowest BCUT2D eigenvalue weighted by Gasteiger charge is -2.22. The van der Waals surface area contributed by atoms with Gasteiger partial charge in [-0.2, -0.15) is 9.57 Å². The Morgan fingerprint density at radius 1 is 1.30 bits per heavy atom. The summed E-state index contributed by atoms with van der Waals surface area (Å²) in [5.41, 5.74) is 0.432. The third kappa shape index (κ3) is 3.90. The number of sulfonamides is 1. The Morgan fingerprint density at radius 2 is 1.91 bits per heavy atom. The van der Waals surface area contributed by atoms with E-state index in [4.69, 9.17) is 5.26 Å². The van der Waals surface area contributed by atoms with E-state index in [1.807, 2.05) is 20.0 Å². The van der Waals surface area contributed by atoms with E-state index in [9.17, 15) is 13.5 Å². The van der Waals surface area contributed by atoms with Gasteiger partial charge in [-0.3, -0.25) is 0 Å². The van der Waals surface area contributed by atoms with Crippen molar-refractivity contribution in [2.24, 2.45) is 11.8 Å². The lowest BCUT2D eigenvalue weighted by atomic mass is 9.96. The average molecular weight is 337 g/mol. The Morgan fingerprint density at radius 3 is 2.43 bits per heavy atom. The van der Waals surface area contributed by atoms with E-state index >= 15 is 0 Å². The van der Waals surface area contributed by atoms with Crippen LogP contribution in [0.5, 0.6) is 0 Å². The van der Waals surface area contributed by atoms with Gasteiger partial charge in [0.15, 0.2) is 0 Å². The summed E-state index contributed by atoms with van der Waals surface area (Å²) in [6.45, 7) is 4.44. The molecule has 1 heterocycles. The molecular weight excluding hydrogens is 314 g/mol. The fourth-order valence-corrected chi connectivity index (χ4v) is 4.44. The van der Waals surface area contributed by atoms with Gasteiger partial charge >= 0.3 is 0 Å². The summed E-state index contributed by atoms with van der Waals surface area (Å²) in [6.07, 6.45) is 0. The Kier molecular flexibility index (Phi) is 5.76. The number of hydrogen-bond acceptors (Lipinski definition) is 5. The van der Waals surface area contributed by atoms with Crippen LogP contribution in [0.2, 0.25) is 0 Å². The van der Waals surface area contributed by atoms with Crippen LogP contribution >= 0.6 is 0 Å². The SMILES string of the molecule is CCN(C)C[C@@H]1CN(S(=O)(=O)c2ccc(C#N)cc2)C[C@@H]1CO. The molecule has 1 aromatic rings. The molecule has 1 fully saturated rings. The predicted octanol–water partition coefficient (Wildman–Crippen LogP) is 0.739. The maximum absolute atomic E-state index is 12.7. The summed E-state index contributed by atoms with van der Waals surface area (Å²) in [6, 6.07) is 7.93. The molecule has 7 heteroatoms. The zero-order valence-electron chi connectivity index (χ0n) is 13.5. The number of hydrogen-bond donors (Lipinski definition) is 1. The maximum Gasteiger partial charge on any atom is 0.243 e. The monoisotopic (exact) mass is 337 g/mol. The molecular formula is C16H23N3O3S. The van der Waals surface area contributed by atoms with Crippen LogP contribution in [0.15, 0.2) is 29.2 Å². The van der Waals surface area contributed by atoms with Crippen molar-refractivity contribution in [3.63, 3.8) is 0 Å². The molecule has 0 aliphatic carbocycles. The molecule has 1 saturated heterocycles. The second-order valence-corrected chi connectivity index (χ2v) is 7.95. The van der Waals surface area contributed by atoms with Crippen molar-refractivity contribution in [3.05, 3.63) is 29.8 Å². The van der Waals surface area contributed by atoms with Crippen molar-refractivity contribution in [2.45, 2.75) is 11.8 Å². The van der Waals surface area contributed by atoms with Crippen LogP contribution in [0, 0.1) is 23.2 Å². The van der Waals surface area contributed by atoms with Gasteiger partial charge in [0, 0.05) is 32.2 Å². The van der Waals surface area contributed by atoms with Crippen LogP contribution in [-0.2, 0) is 10.0 Å². The first-order valence-electron chi connectivity index (χ1n) is 7.72. The van der Waals surface area contributed by atoms with Crippen molar-refractivity contribution < 1.29 is 13.5 Å². The molecule has 0 bridgehead atoms. The first-order chi connectivity index (χ1) is 10.9. The van der Waals surface area contributed by atoms with Crippen LogP contribution in [-0.4, -0.2) is 62.6 Å². The molecule has 0 amide bonds. The Hall–Kier alpha value is -1.46. The molecule has 1 aromatic carbocycles. The normalized spacial score (nSPS) is 22.4. The van der Waals surface area contributed by atoms with E-state index in [-0.39, 0.29) is 23.3 Å². The summed E-state index contributed by atoms with van der Waals surface area (Å²) in [5, 5.41) is 18.4. The van der Waals surface area contributed by atoms with Gasteiger partial charge in [0.2, 0.25) is 10.0 Å². The van der Waals surface area contributed by atoms with Gasteiger partial charge < -0.3 is 10.0 Å². The lowest BCUT2D eigenvalue weighted by molar-refractivity contribution is 0.178. The van der Waals surface area contributed by atoms with Crippen molar-refractivity contribution in [1.29, 1.82) is 5.26 Å². The molecule has 23 heavy (non-hydrogen) atoms. The van der Waals surface area contributed by atoms with Crippen molar-refractivity contribution >= 4 is 10.0 Å². The Balaban J connectivity index is 2.18. The number of aliphatic hydroxyl groups excluding tert-OH is 1. The molecule has 0 unspecified atom stereocenters. The summed E-state index contributed by atoms with van der Waals surface area (Å²) in [5.74, 6) is 0.0789. The fourth-order valence-electron chi connectivity index (χ4n) is 2.89. The topological polar surface area (TPSA) is 84.6 Å². The van der Waals surface area contributed by atoms with Crippen LogP contribution in [0.25, 0.3) is 0 Å². The van der Waals surface area contributed by atoms with Crippen molar-refractivity contribution in [1.82, 2.24) is 9.21 Å². The van der Waals surface area contributed by atoms with E-state index in [2.05, 4.69) is 4.90 Å². The third-order valence-electron chi connectivity index (χ3n) is 4.48. The third-order valence-corrected chi connectivity index (χ3v) is 6.33. The highest BCUT2D eigenvalue weighted by molar-refractivity contribution is 7.89. The van der Waals surface area contributed by atoms with Gasteiger partial charge in [-0.15, -0.1) is 0 Å². The average Bonchev–Trinajstić information content (AvgIpc) is 2.98. The van der Waals surface area contributed by atoms with Gasteiger partial charge in [0.05, 0.1) is 16.5 Å². The van der Waals surface area contributed by atoms with Gasteiger partial charge in [0.1, 0.15) is 0 Å². The second-order valence-electron chi connectivity index (χ2n) is 6.02. The molecule has 0 radical (unpaired) electrons. The molecule has 2 rings (SSSR count). The molecule has 0 aromatic heterocycles. The summed E-state index contributed by atoms with van der Waals surface area (Å²) in [4.78, 5) is 2.32. The van der Waals surface area contributed by atoms with E-state index < -0.39 is 10.0 Å². The molecule has 2 atom stereocenters. The number of rotatable bonds is 6. The number of aliphatic hydroxyl groups is 1. The van der Waals surface area contributed by atoms with Crippen LogP contribution in [0.1, 0.15) is 12.5 Å². The van der Waals surface area contributed by atoms with E-state index in [0.29, 0.717) is 18.7 Å². The van der Waals surface area contributed by atoms with Gasteiger partial charge in [-0.1, -0.05) is 6.92 Å². The zero-order chi connectivity index (χ0) is 17.0. The van der Waals surface area contributed by atoms with E-state index in [0.717, 1.165) is 13.1 Å². The molecule has 0 spiro atoms. The quantitative estimate of drug-likeness (QED) is 0.827. The summed E-state index contributed by atoms with van der Waals surface area (Å²) >= 11 is 0. The minimum atomic E-state index is -3.59. The molecule has 1 N–H and O–H groups in total. The fraction of sp³-hybridized carbons (Fsp3) is 0.562. The molecule has 6 nitrogen and oxygen atoms in total. The highest BCUT2D eigenvalue weighted by Gasteiger charge is 2.39. The minimum absolute atomic E-state index is 0.0123. The first-order valence-corrected chi connectivity index (χ1v) is 9.16. The van der Waals surface area contributed by atoms with E-state index in [1.165, 1.54) is 28.6 Å².